The molecule has 0 bridgehead atoms. The first-order chi connectivity index (χ1) is 11.1. The van der Waals surface area contributed by atoms with Gasteiger partial charge >= 0.3 is 5.97 Å². The highest BCUT2D eigenvalue weighted by Crippen LogP contribution is 2.25. The van der Waals surface area contributed by atoms with Crippen LogP contribution in [0.15, 0.2) is 24.3 Å². The number of unbranched alkanes of at least 4 members (excludes halogenated alkanes) is 3. The predicted molar refractivity (Wildman–Crippen MR) is 91.3 cm³/mol. The van der Waals surface area contributed by atoms with Crippen molar-refractivity contribution >= 4 is 11.8 Å². The molecule has 0 saturated carbocycles. The Morgan fingerprint density at radius 3 is 2.70 bits per heavy atom. The summed E-state index contributed by atoms with van der Waals surface area (Å²) in [7, 11) is 0. The molecule has 2 atom stereocenters. The maximum atomic E-state index is 11.8. The normalized spacial score (nSPS) is 21.4. The highest BCUT2D eigenvalue weighted by atomic mass is 16.5. The van der Waals surface area contributed by atoms with Crippen molar-refractivity contribution in [1.82, 2.24) is 0 Å². The molecule has 0 aromatic rings. The van der Waals surface area contributed by atoms with Gasteiger partial charge in [0.25, 0.3) is 0 Å². The number of hydrogen-bond acceptors (Lipinski definition) is 3. The zero-order chi connectivity index (χ0) is 16.9. The van der Waals surface area contributed by atoms with E-state index in [0.29, 0.717) is 31.3 Å². The van der Waals surface area contributed by atoms with Crippen LogP contribution in [0.4, 0.5) is 0 Å². The summed E-state index contributed by atoms with van der Waals surface area (Å²) >= 11 is 0. The van der Waals surface area contributed by atoms with Crippen molar-refractivity contribution in [3.05, 3.63) is 24.3 Å². The van der Waals surface area contributed by atoms with Crippen molar-refractivity contribution < 1.29 is 19.4 Å². The SMILES string of the molecule is CCCCCC(=O)/C=C/[C@@H]1COC[C@@H]1C/C=C\CCCC(=O)O. The van der Waals surface area contributed by atoms with Crippen molar-refractivity contribution in [2.45, 2.75) is 58.3 Å². The quantitative estimate of drug-likeness (QED) is 0.333. The van der Waals surface area contributed by atoms with Gasteiger partial charge in [-0.25, -0.2) is 0 Å². The van der Waals surface area contributed by atoms with Gasteiger partial charge in [0.05, 0.1) is 13.2 Å². The third-order valence-corrected chi connectivity index (χ3v) is 4.17. The van der Waals surface area contributed by atoms with Crippen LogP contribution in [0, 0.1) is 11.8 Å². The van der Waals surface area contributed by atoms with E-state index in [9.17, 15) is 9.59 Å². The Labute approximate surface area is 139 Å². The molecule has 1 aliphatic heterocycles. The van der Waals surface area contributed by atoms with Crippen LogP contribution in [0.25, 0.3) is 0 Å². The molecule has 1 heterocycles. The lowest BCUT2D eigenvalue weighted by molar-refractivity contribution is -0.137. The number of carboxylic acids is 1. The van der Waals surface area contributed by atoms with Gasteiger partial charge in [0.15, 0.2) is 5.78 Å². The minimum atomic E-state index is -0.739. The number of ketones is 1. The third kappa shape index (κ3) is 9.34. The standard InChI is InChI=1S/C19H30O4/c1-2-3-6-10-18(20)13-12-17-15-23-14-16(17)9-7-4-5-8-11-19(21)22/h4,7,12-13,16-17H,2-3,5-6,8-11,14-15H2,1H3,(H,21,22)/b7-4-,13-12+/t16-,17+/m0/s1. The molecule has 0 spiro atoms. The Kier molecular flexibility index (Phi) is 10.3. The van der Waals surface area contributed by atoms with Gasteiger partial charge in [-0.1, -0.05) is 38.0 Å². The minimum absolute atomic E-state index is 0.216. The topological polar surface area (TPSA) is 63.6 Å². The van der Waals surface area contributed by atoms with Crippen molar-refractivity contribution in [2.75, 3.05) is 13.2 Å². The van der Waals surface area contributed by atoms with Crippen LogP contribution in [-0.2, 0) is 14.3 Å². The van der Waals surface area contributed by atoms with E-state index in [1.54, 1.807) is 6.08 Å². The molecule has 4 nitrogen and oxygen atoms in total. The Morgan fingerprint density at radius 1 is 1.13 bits per heavy atom. The number of aliphatic carboxylic acids is 1. The molecule has 0 unspecified atom stereocenters. The smallest absolute Gasteiger partial charge is 0.303 e. The summed E-state index contributed by atoms with van der Waals surface area (Å²) in [6.07, 6.45) is 14.4. The number of allylic oxidation sites excluding steroid dienone is 3. The van der Waals surface area contributed by atoms with E-state index in [4.69, 9.17) is 9.84 Å². The molecule has 4 heteroatoms. The lowest BCUT2D eigenvalue weighted by Gasteiger charge is -2.11. The van der Waals surface area contributed by atoms with E-state index in [0.717, 1.165) is 38.7 Å². The molecule has 1 aliphatic rings. The van der Waals surface area contributed by atoms with Crippen LogP contribution in [0.3, 0.4) is 0 Å². The van der Waals surface area contributed by atoms with Crippen LogP contribution in [0.5, 0.6) is 0 Å². The zero-order valence-electron chi connectivity index (χ0n) is 14.2. The molecule has 0 aromatic heterocycles. The van der Waals surface area contributed by atoms with Gasteiger partial charge in [0.2, 0.25) is 0 Å². The molecule has 1 saturated heterocycles. The van der Waals surface area contributed by atoms with Crippen molar-refractivity contribution in [3.8, 4) is 0 Å². The highest BCUT2D eigenvalue weighted by Gasteiger charge is 2.24. The number of carbonyl (C=O) groups excluding carboxylic acids is 1. The first kappa shape index (κ1) is 19.6. The summed E-state index contributed by atoms with van der Waals surface area (Å²) < 4.78 is 5.54. The highest BCUT2D eigenvalue weighted by molar-refractivity contribution is 5.89. The van der Waals surface area contributed by atoms with E-state index in [-0.39, 0.29) is 12.2 Å². The Bertz CT molecular complexity index is 412. The molecular formula is C19H30O4. The van der Waals surface area contributed by atoms with E-state index >= 15 is 0 Å². The molecule has 23 heavy (non-hydrogen) atoms. The first-order valence-electron chi connectivity index (χ1n) is 8.79. The summed E-state index contributed by atoms with van der Waals surface area (Å²) in [6, 6.07) is 0. The third-order valence-electron chi connectivity index (χ3n) is 4.17. The summed E-state index contributed by atoms with van der Waals surface area (Å²) in [5, 5.41) is 8.57. The van der Waals surface area contributed by atoms with Crippen LogP contribution >= 0.6 is 0 Å². The lowest BCUT2D eigenvalue weighted by atomic mass is 9.92. The maximum absolute atomic E-state index is 11.8. The number of carbonyl (C=O) groups is 2. The summed E-state index contributed by atoms with van der Waals surface area (Å²) in [4.78, 5) is 22.2. The fraction of sp³-hybridized carbons (Fsp3) is 0.684. The average Bonchev–Trinajstić information content (AvgIpc) is 2.96. The molecule has 0 amide bonds. The van der Waals surface area contributed by atoms with Gasteiger partial charge in [-0.15, -0.1) is 0 Å². The number of hydrogen-bond donors (Lipinski definition) is 1. The lowest BCUT2D eigenvalue weighted by Crippen LogP contribution is -2.09. The van der Waals surface area contributed by atoms with Crippen molar-refractivity contribution in [2.24, 2.45) is 11.8 Å². The number of ether oxygens (including phenoxy) is 1. The van der Waals surface area contributed by atoms with E-state index < -0.39 is 5.97 Å². The number of carboxylic acid groups (broad SMARTS) is 1. The van der Waals surface area contributed by atoms with E-state index in [2.05, 4.69) is 19.1 Å². The predicted octanol–water partition coefficient (Wildman–Crippen LogP) is 4.16. The molecule has 130 valence electrons. The van der Waals surface area contributed by atoms with E-state index in [1.807, 2.05) is 6.08 Å². The largest absolute Gasteiger partial charge is 0.481 e. The monoisotopic (exact) mass is 322 g/mol. The van der Waals surface area contributed by atoms with E-state index in [1.165, 1.54) is 0 Å². The summed E-state index contributed by atoms with van der Waals surface area (Å²) in [6.45, 7) is 3.56. The molecular weight excluding hydrogens is 292 g/mol. The molecule has 1 rings (SSSR count). The summed E-state index contributed by atoms with van der Waals surface area (Å²) in [5.41, 5.74) is 0. The molecule has 0 aromatic carbocycles. The summed E-state index contributed by atoms with van der Waals surface area (Å²) in [5.74, 6) is 0.212. The maximum Gasteiger partial charge on any atom is 0.303 e. The second-order valence-electron chi connectivity index (χ2n) is 6.24. The second-order valence-corrected chi connectivity index (χ2v) is 6.24. The minimum Gasteiger partial charge on any atom is -0.481 e. The Morgan fingerprint density at radius 2 is 1.96 bits per heavy atom. The molecule has 0 radical (unpaired) electrons. The molecule has 1 N–H and O–H groups in total. The Hall–Kier alpha value is -1.42. The van der Waals surface area contributed by atoms with Crippen LogP contribution in [0.1, 0.15) is 58.3 Å². The van der Waals surface area contributed by atoms with Crippen LogP contribution in [-0.4, -0.2) is 30.1 Å². The van der Waals surface area contributed by atoms with Crippen molar-refractivity contribution in [1.29, 1.82) is 0 Å². The zero-order valence-corrected chi connectivity index (χ0v) is 14.2. The number of rotatable bonds is 12. The van der Waals surface area contributed by atoms with Gasteiger partial charge in [0, 0.05) is 18.8 Å². The molecule has 0 aliphatic carbocycles. The van der Waals surface area contributed by atoms with Gasteiger partial charge < -0.3 is 9.84 Å². The second kappa shape index (κ2) is 12.1. The Balaban J connectivity index is 2.26. The van der Waals surface area contributed by atoms with Crippen LogP contribution < -0.4 is 0 Å². The van der Waals surface area contributed by atoms with Crippen molar-refractivity contribution in [3.63, 3.8) is 0 Å². The molecule has 1 fully saturated rings. The first-order valence-corrected chi connectivity index (χ1v) is 8.79. The van der Waals surface area contributed by atoms with Crippen LogP contribution in [0.2, 0.25) is 0 Å². The van der Waals surface area contributed by atoms with Gasteiger partial charge in [-0.05, 0) is 37.7 Å². The average molecular weight is 322 g/mol. The van der Waals surface area contributed by atoms with Gasteiger partial charge in [-0.2, -0.15) is 0 Å². The fourth-order valence-electron chi connectivity index (χ4n) is 2.69. The van der Waals surface area contributed by atoms with Gasteiger partial charge in [-0.3, -0.25) is 9.59 Å². The fourth-order valence-corrected chi connectivity index (χ4v) is 2.69. The van der Waals surface area contributed by atoms with Gasteiger partial charge in [0.1, 0.15) is 0 Å².